The van der Waals surface area contributed by atoms with E-state index in [1.807, 2.05) is 6.08 Å². The van der Waals surface area contributed by atoms with Crippen LogP contribution in [-0.4, -0.2) is 46.9 Å². The van der Waals surface area contributed by atoms with E-state index in [-0.39, 0.29) is 24.9 Å². The fraction of sp³-hybridized carbons (Fsp3) is 0.774. The highest BCUT2D eigenvalue weighted by Gasteiger charge is 2.24. The Morgan fingerprint density at radius 2 is 0.750 bits per heavy atom. The predicted molar refractivity (Wildman–Crippen MR) is 296 cm³/mol. The van der Waals surface area contributed by atoms with E-state index < -0.39 is 18.2 Å². The van der Waals surface area contributed by atoms with Crippen molar-refractivity contribution in [2.45, 2.75) is 302 Å². The molecule has 0 aliphatic heterocycles. The van der Waals surface area contributed by atoms with Gasteiger partial charge in [-0.3, -0.25) is 9.59 Å². The Kier molecular flexibility index (Phi) is 53.0. The van der Waals surface area contributed by atoms with Crippen molar-refractivity contribution in [2.75, 3.05) is 6.61 Å². The average molecular weight is 951 g/mol. The van der Waals surface area contributed by atoms with E-state index in [4.69, 9.17) is 4.74 Å². The lowest BCUT2D eigenvalue weighted by Crippen LogP contribution is -2.46. The lowest BCUT2D eigenvalue weighted by Gasteiger charge is -2.24. The standard InChI is InChI=1S/C62H111NO5/c1-4-7-10-13-16-19-22-25-28-31-33-36-39-42-45-48-51-54-60(65)59(57-64)63-61(66)56-58(53-50-47-44-41-38-35-32-29-26-23-20-17-14-11-8-5-2)68-62(67)55-52-49-46-43-40-37-34-30-27-24-21-18-15-12-9-6-3/h17,20,23,26,29-30,32,34-35,37-38,40,58-60,64-65H,4-16,18-19,21-22,24-25,27-28,31,33,36,39,41-57H2,1-3H3,(H,63,66)/b20-17+,26-23+,32-29+,34-30+,38-35+,40-37+. The average Bonchev–Trinajstić information content (AvgIpc) is 3.33. The van der Waals surface area contributed by atoms with Gasteiger partial charge in [0.15, 0.2) is 0 Å². The van der Waals surface area contributed by atoms with E-state index in [0.29, 0.717) is 19.3 Å². The molecule has 68 heavy (non-hydrogen) atoms. The van der Waals surface area contributed by atoms with Crippen LogP contribution in [0.2, 0.25) is 0 Å². The van der Waals surface area contributed by atoms with Gasteiger partial charge in [0.1, 0.15) is 6.10 Å². The molecule has 0 spiro atoms. The number of ether oxygens (including phenoxy) is 1. The number of carbonyl (C=O) groups excluding carboxylic acids is 2. The molecule has 0 aliphatic carbocycles. The Morgan fingerprint density at radius 3 is 1.19 bits per heavy atom. The molecule has 0 rings (SSSR count). The van der Waals surface area contributed by atoms with Crippen molar-refractivity contribution < 1.29 is 24.5 Å². The summed E-state index contributed by atoms with van der Waals surface area (Å²) in [5, 5.41) is 23.9. The molecule has 0 saturated carbocycles. The van der Waals surface area contributed by atoms with E-state index in [1.54, 1.807) is 0 Å². The SMILES string of the molecule is CCCCC/C=C/C=C/C=C/C=C/CCCCCC(CC(=O)NC(CO)C(O)CCCCCCCCCCCCCCCCCCC)OC(=O)CCCCC/C=C/C=C/CCCCCCCCC. The van der Waals surface area contributed by atoms with Gasteiger partial charge in [-0.1, -0.05) is 267 Å². The van der Waals surface area contributed by atoms with E-state index in [2.05, 4.69) is 92.9 Å². The molecule has 0 aromatic carbocycles. The molecular formula is C62H111NO5. The monoisotopic (exact) mass is 950 g/mol. The number of unbranched alkanes of at least 4 members (excludes halogenated alkanes) is 32. The minimum absolute atomic E-state index is 0.0392. The second-order valence-corrected chi connectivity index (χ2v) is 19.8. The van der Waals surface area contributed by atoms with Crippen LogP contribution in [0.3, 0.4) is 0 Å². The molecule has 0 heterocycles. The van der Waals surface area contributed by atoms with Crippen LogP contribution in [0, 0.1) is 0 Å². The van der Waals surface area contributed by atoms with Crippen LogP contribution in [-0.2, 0) is 14.3 Å². The number of allylic oxidation sites excluding steroid dienone is 12. The van der Waals surface area contributed by atoms with Crippen molar-refractivity contribution in [2.24, 2.45) is 0 Å². The predicted octanol–water partition coefficient (Wildman–Crippen LogP) is 18.1. The first kappa shape index (κ1) is 65.3. The summed E-state index contributed by atoms with van der Waals surface area (Å²) in [6.45, 7) is 6.45. The van der Waals surface area contributed by atoms with Gasteiger partial charge in [-0.25, -0.2) is 0 Å². The smallest absolute Gasteiger partial charge is 0.306 e. The molecular weight excluding hydrogens is 839 g/mol. The van der Waals surface area contributed by atoms with Crippen LogP contribution in [0.25, 0.3) is 0 Å². The summed E-state index contributed by atoms with van der Waals surface area (Å²) >= 11 is 0. The van der Waals surface area contributed by atoms with Crippen LogP contribution < -0.4 is 5.32 Å². The van der Waals surface area contributed by atoms with Crippen molar-refractivity contribution in [3.8, 4) is 0 Å². The van der Waals surface area contributed by atoms with Gasteiger partial charge in [-0.15, -0.1) is 0 Å². The number of carbonyl (C=O) groups is 2. The van der Waals surface area contributed by atoms with Crippen LogP contribution in [0.4, 0.5) is 0 Å². The first-order chi connectivity index (χ1) is 33.5. The lowest BCUT2D eigenvalue weighted by atomic mass is 10.0. The van der Waals surface area contributed by atoms with Gasteiger partial charge < -0.3 is 20.3 Å². The molecule has 0 aliphatic rings. The zero-order valence-electron chi connectivity index (χ0n) is 45.0. The lowest BCUT2D eigenvalue weighted by molar-refractivity contribution is -0.151. The van der Waals surface area contributed by atoms with Crippen LogP contribution >= 0.6 is 0 Å². The van der Waals surface area contributed by atoms with E-state index >= 15 is 0 Å². The van der Waals surface area contributed by atoms with Gasteiger partial charge in [-0.2, -0.15) is 0 Å². The molecule has 6 heteroatoms. The highest BCUT2D eigenvalue weighted by atomic mass is 16.5. The Hall–Kier alpha value is -2.70. The van der Waals surface area contributed by atoms with Gasteiger partial charge in [-0.05, 0) is 77.0 Å². The zero-order chi connectivity index (χ0) is 49.5. The highest BCUT2D eigenvalue weighted by Crippen LogP contribution is 2.18. The summed E-state index contributed by atoms with van der Waals surface area (Å²) in [6.07, 6.45) is 71.1. The maximum absolute atomic E-state index is 13.3. The molecule has 3 unspecified atom stereocenters. The topological polar surface area (TPSA) is 95.9 Å². The number of amides is 1. The minimum atomic E-state index is -0.807. The van der Waals surface area contributed by atoms with Crippen LogP contribution in [0.15, 0.2) is 72.9 Å². The van der Waals surface area contributed by atoms with E-state index in [1.165, 1.54) is 154 Å². The molecule has 394 valence electrons. The number of nitrogens with one attached hydrogen (secondary N) is 1. The fourth-order valence-electron chi connectivity index (χ4n) is 8.67. The van der Waals surface area contributed by atoms with Crippen LogP contribution in [0.5, 0.6) is 0 Å². The second kappa shape index (κ2) is 55.2. The van der Waals surface area contributed by atoms with E-state index in [9.17, 15) is 19.8 Å². The van der Waals surface area contributed by atoms with Gasteiger partial charge in [0.25, 0.3) is 0 Å². The highest BCUT2D eigenvalue weighted by molar-refractivity contribution is 5.77. The summed E-state index contributed by atoms with van der Waals surface area (Å²) in [6, 6.07) is -0.724. The maximum Gasteiger partial charge on any atom is 0.306 e. The zero-order valence-corrected chi connectivity index (χ0v) is 45.0. The van der Waals surface area contributed by atoms with Gasteiger partial charge in [0, 0.05) is 6.42 Å². The Labute approximate surface area is 421 Å². The largest absolute Gasteiger partial charge is 0.462 e. The molecule has 0 radical (unpaired) electrons. The summed E-state index contributed by atoms with van der Waals surface area (Å²) in [4.78, 5) is 26.3. The first-order valence-corrected chi connectivity index (χ1v) is 29.2. The molecule has 6 nitrogen and oxygen atoms in total. The molecule has 0 aromatic heterocycles. The normalized spacial score (nSPS) is 13.7. The number of rotatable bonds is 52. The third kappa shape index (κ3) is 49.7. The number of esters is 1. The van der Waals surface area contributed by atoms with Gasteiger partial charge in [0.05, 0.1) is 25.2 Å². The van der Waals surface area contributed by atoms with Crippen molar-refractivity contribution in [3.05, 3.63) is 72.9 Å². The Balaban J connectivity index is 4.66. The maximum atomic E-state index is 13.3. The molecule has 1 amide bonds. The summed E-state index contributed by atoms with van der Waals surface area (Å²) in [7, 11) is 0. The molecule has 3 atom stereocenters. The molecule has 0 saturated heterocycles. The second-order valence-electron chi connectivity index (χ2n) is 19.8. The van der Waals surface area contributed by atoms with Crippen LogP contribution in [0.1, 0.15) is 284 Å². The quantitative estimate of drug-likeness (QED) is 0.0321. The third-order valence-electron chi connectivity index (χ3n) is 13.1. The Morgan fingerprint density at radius 1 is 0.426 bits per heavy atom. The summed E-state index contributed by atoms with van der Waals surface area (Å²) in [5.41, 5.74) is 0. The summed E-state index contributed by atoms with van der Waals surface area (Å²) in [5.74, 6) is -0.540. The Bertz CT molecular complexity index is 1250. The number of hydrogen-bond acceptors (Lipinski definition) is 5. The number of aliphatic hydroxyl groups is 2. The fourth-order valence-corrected chi connectivity index (χ4v) is 8.67. The molecule has 3 N–H and O–H groups in total. The molecule has 0 bridgehead atoms. The molecule has 0 aromatic rings. The van der Waals surface area contributed by atoms with Gasteiger partial charge >= 0.3 is 5.97 Å². The van der Waals surface area contributed by atoms with Crippen molar-refractivity contribution in [3.63, 3.8) is 0 Å². The van der Waals surface area contributed by atoms with Crippen molar-refractivity contribution in [1.82, 2.24) is 5.32 Å². The van der Waals surface area contributed by atoms with Gasteiger partial charge in [0.2, 0.25) is 5.91 Å². The first-order valence-electron chi connectivity index (χ1n) is 29.2. The van der Waals surface area contributed by atoms with Crippen molar-refractivity contribution >= 4 is 11.9 Å². The molecule has 0 fully saturated rings. The van der Waals surface area contributed by atoms with E-state index in [0.717, 1.165) is 83.5 Å². The summed E-state index contributed by atoms with van der Waals surface area (Å²) < 4.78 is 5.93. The number of hydrogen-bond donors (Lipinski definition) is 3. The number of aliphatic hydroxyl groups excluding tert-OH is 2. The van der Waals surface area contributed by atoms with Crippen molar-refractivity contribution in [1.29, 1.82) is 0 Å². The minimum Gasteiger partial charge on any atom is -0.462 e. The third-order valence-corrected chi connectivity index (χ3v) is 13.1.